The van der Waals surface area contributed by atoms with Crippen molar-refractivity contribution in [3.8, 4) is 12.1 Å². The van der Waals surface area contributed by atoms with Gasteiger partial charge in [-0.3, -0.25) is 9.59 Å². The smallest absolute Gasteiger partial charge is 0.317 e. The van der Waals surface area contributed by atoms with E-state index in [1.165, 1.54) is 19.3 Å². The van der Waals surface area contributed by atoms with E-state index in [0.717, 1.165) is 7.11 Å². The third-order valence-electron chi connectivity index (χ3n) is 2.76. The molecule has 1 aromatic rings. The van der Waals surface area contributed by atoms with Gasteiger partial charge < -0.3 is 9.15 Å². The van der Waals surface area contributed by atoms with Crippen molar-refractivity contribution in [3.05, 3.63) is 24.2 Å². The largest absolute Gasteiger partial charge is 0.469 e. The van der Waals surface area contributed by atoms with Gasteiger partial charge in [0.2, 0.25) is 0 Å². The molecule has 0 radical (unpaired) electrons. The first-order valence-corrected chi connectivity index (χ1v) is 5.47. The van der Waals surface area contributed by atoms with Gasteiger partial charge >= 0.3 is 5.97 Å². The minimum Gasteiger partial charge on any atom is -0.469 e. The molecule has 0 unspecified atom stereocenters. The van der Waals surface area contributed by atoms with E-state index in [9.17, 15) is 9.59 Å². The molecule has 19 heavy (non-hydrogen) atoms. The maximum absolute atomic E-state index is 11.7. The molecule has 0 aliphatic rings. The summed E-state index contributed by atoms with van der Waals surface area (Å²) in [5, 5.41) is 18.0. The normalized spacial score (nSPS) is 13.1. The highest BCUT2D eigenvalue weighted by atomic mass is 16.5. The van der Waals surface area contributed by atoms with Crippen molar-refractivity contribution in [2.75, 3.05) is 7.11 Å². The van der Waals surface area contributed by atoms with Crippen LogP contribution in [0.5, 0.6) is 0 Å². The average molecular weight is 260 g/mol. The molecule has 0 bridgehead atoms. The Labute approximate surface area is 110 Å². The van der Waals surface area contributed by atoms with Crippen LogP contribution in [-0.4, -0.2) is 18.9 Å². The van der Waals surface area contributed by atoms with Gasteiger partial charge in [-0.2, -0.15) is 10.5 Å². The Morgan fingerprint density at radius 2 is 2.00 bits per heavy atom. The maximum Gasteiger partial charge on any atom is 0.317 e. The molecule has 0 N–H and O–H groups in total. The van der Waals surface area contributed by atoms with Crippen molar-refractivity contribution in [3.63, 3.8) is 0 Å². The van der Waals surface area contributed by atoms with Gasteiger partial charge in [0.05, 0.1) is 31.4 Å². The molecule has 2 atom stereocenters. The van der Waals surface area contributed by atoms with E-state index in [1.807, 2.05) is 0 Å². The molecular formula is C13H12N2O4. The number of ether oxygens (including phenoxy) is 1. The van der Waals surface area contributed by atoms with Crippen LogP contribution in [0.25, 0.3) is 0 Å². The molecule has 0 spiro atoms. The lowest BCUT2D eigenvalue weighted by atomic mass is 9.79. The summed E-state index contributed by atoms with van der Waals surface area (Å²) in [6, 6.07) is 6.62. The number of hydrogen-bond acceptors (Lipinski definition) is 6. The van der Waals surface area contributed by atoms with Crippen LogP contribution in [0.2, 0.25) is 0 Å². The molecule has 0 fully saturated rings. The summed E-state index contributed by atoms with van der Waals surface area (Å²) in [6.07, 6.45) is 1.35. The molecule has 0 aliphatic carbocycles. The molecule has 6 nitrogen and oxygen atoms in total. The molecule has 0 amide bonds. The molecule has 98 valence electrons. The first kappa shape index (κ1) is 14.5. The number of carbonyl (C=O) groups is 2. The van der Waals surface area contributed by atoms with Crippen LogP contribution < -0.4 is 0 Å². The summed E-state index contributed by atoms with van der Waals surface area (Å²) in [5.41, 5.74) is 0. The van der Waals surface area contributed by atoms with E-state index >= 15 is 0 Å². The molecule has 1 heterocycles. The minimum atomic E-state index is -1.24. The number of carbonyl (C=O) groups excluding carboxylic acids is 2. The summed E-state index contributed by atoms with van der Waals surface area (Å²) >= 11 is 0. The van der Waals surface area contributed by atoms with Gasteiger partial charge in [0.1, 0.15) is 23.4 Å². The number of nitriles is 2. The number of Topliss-reactive ketones (excluding diaryl/α,β-unsaturated/α-hetero) is 1. The standard InChI is InChI=1S/C13H12N2O4/c1-8(16)11(13(17)18-2)12(9(6-14)7-15)10-4-3-5-19-10/h3-5,9,11-12H,1-2H3/t11-,12-/m1/s1. The van der Waals surface area contributed by atoms with Crippen LogP contribution in [0.3, 0.4) is 0 Å². The van der Waals surface area contributed by atoms with Crippen molar-refractivity contribution in [2.45, 2.75) is 12.8 Å². The molecule has 0 aliphatic heterocycles. The summed E-state index contributed by atoms with van der Waals surface area (Å²) in [6.45, 7) is 1.21. The van der Waals surface area contributed by atoms with Gasteiger partial charge in [-0.15, -0.1) is 0 Å². The number of hydrogen-bond donors (Lipinski definition) is 0. The Balaban J connectivity index is 3.30. The number of nitrogens with zero attached hydrogens (tertiary/aromatic N) is 2. The fourth-order valence-corrected chi connectivity index (χ4v) is 1.88. The van der Waals surface area contributed by atoms with Crippen LogP contribution in [-0.2, 0) is 14.3 Å². The molecule has 0 saturated carbocycles. The van der Waals surface area contributed by atoms with Crippen molar-refractivity contribution in [1.29, 1.82) is 10.5 Å². The highest BCUT2D eigenvalue weighted by molar-refractivity contribution is 5.98. The zero-order chi connectivity index (χ0) is 14.4. The Morgan fingerprint density at radius 3 is 2.37 bits per heavy atom. The Morgan fingerprint density at radius 1 is 1.37 bits per heavy atom. The van der Waals surface area contributed by atoms with E-state index in [2.05, 4.69) is 4.74 Å². The first-order chi connectivity index (χ1) is 9.06. The van der Waals surface area contributed by atoms with Gasteiger partial charge in [0.25, 0.3) is 0 Å². The first-order valence-electron chi connectivity index (χ1n) is 5.47. The number of esters is 1. The minimum absolute atomic E-state index is 0.235. The lowest BCUT2D eigenvalue weighted by molar-refractivity contribution is -0.150. The SMILES string of the molecule is COC(=O)[C@H](C(C)=O)[C@@H](c1ccco1)C(C#N)C#N. The van der Waals surface area contributed by atoms with Crippen molar-refractivity contribution in [1.82, 2.24) is 0 Å². The molecule has 0 aromatic carbocycles. The maximum atomic E-state index is 11.7. The van der Waals surface area contributed by atoms with E-state index in [0.29, 0.717) is 0 Å². The molecule has 1 aromatic heterocycles. The summed E-state index contributed by atoms with van der Waals surface area (Å²) in [5.74, 6) is -4.43. The second-order valence-electron chi connectivity index (χ2n) is 3.89. The highest BCUT2D eigenvalue weighted by Gasteiger charge is 2.41. The number of rotatable bonds is 5. The van der Waals surface area contributed by atoms with Crippen molar-refractivity contribution < 1.29 is 18.7 Å². The predicted molar refractivity (Wildman–Crippen MR) is 62.4 cm³/mol. The summed E-state index contributed by atoms with van der Waals surface area (Å²) in [4.78, 5) is 23.4. The third kappa shape index (κ3) is 2.99. The van der Waals surface area contributed by atoms with Crippen LogP contribution in [0.1, 0.15) is 18.6 Å². The third-order valence-corrected chi connectivity index (χ3v) is 2.76. The summed E-state index contributed by atoms with van der Waals surface area (Å²) < 4.78 is 9.72. The molecular weight excluding hydrogens is 248 g/mol. The predicted octanol–water partition coefficient (Wildman–Crippen LogP) is 1.40. The number of methoxy groups -OCH3 is 1. The fraction of sp³-hybridized carbons (Fsp3) is 0.385. The Bertz CT molecular complexity index is 522. The van der Waals surface area contributed by atoms with Crippen molar-refractivity contribution in [2.24, 2.45) is 11.8 Å². The van der Waals surface area contributed by atoms with Gasteiger partial charge in [0, 0.05) is 0 Å². The van der Waals surface area contributed by atoms with Gasteiger partial charge in [-0.1, -0.05) is 0 Å². The van der Waals surface area contributed by atoms with E-state index < -0.39 is 29.5 Å². The molecule has 1 rings (SSSR count). The molecule has 0 saturated heterocycles. The van der Waals surface area contributed by atoms with Crippen LogP contribution in [0.4, 0.5) is 0 Å². The quantitative estimate of drug-likeness (QED) is 0.585. The van der Waals surface area contributed by atoms with Gasteiger partial charge in [-0.05, 0) is 19.1 Å². The average Bonchev–Trinajstić information content (AvgIpc) is 2.91. The van der Waals surface area contributed by atoms with E-state index in [-0.39, 0.29) is 5.76 Å². The summed E-state index contributed by atoms with van der Waals surface area (Å²) in [7, 11) is 1.14. The Hall–Kier alpha value is -2.60. The second-order valence-corrected chi connectivity index (χ2v) is 3.89. The number of ketones is 1. The van der Waals surface area contributed by atoms with E-state index in [4.69, 9.17) is 14.9 Å². The van der Waals surface area contributed by atoms with Gasteiger partial charge in [-0.25, -0.2) is 0 Å². The monoisotopic (exact) mass is 260 g/mol. The second kappa shape index (κ2) is 6.36. The zero-order valence-corrected chi connectivity index (χ0v) is 10.5. The van der Waals surface area contributed by atoms with E-state index in [1.54, 1.807) is 18.2 Å². The highest BCUT2D eigenvalue weighted by Crippen LogP contribution is 2.33. The van der Waals surface area contributed by atoms with Crippen molar-refractivity contribution >= 4 is 11.8 Å². The topological polar surface area (TPSA) is 104 Å². The van der Waals surface area contributed by atoms with Crippen LogP contribution in [0, 0.1) is 34.5 Å². The fourth-order valence-electron chi connectivity index (χ4n) is 1.88. The van der Waals surface area contributed by atoms with Gasteiger partial charge in [0.15, 0.2) is 0 Å². The Kier molecular flexibility index (Phi) is 4.84. The molecule has 6 heteroatoms. The van der Waals surface area contributed by atoms with Crippen LogP contribution in [0.15, 0.2) is 22.8 Å². The van der Waals surface area contributed by atoms with Crippen LogP contribution >= 0.6 is 0 Å². The lowest BCUT2D eigenvalue weighted by Crippen LogP contribution is -2.33. The lowest BCUT2D eigenvalue weighted by Gasteiger charge is -2.21. The zero-order valence-electron chi connectivity index (χ0n) is 10.5. The number of furan rings is 1.